The number of nitrogens with zero attached hydrogens (tertiary/aromatic N) is 3. The zero-order valence-electron chi connectivity index (χ0n) is 16.6. The van der Waals surface area contributed by atoms with Gasteiger partial charge in [-0.1, -0.05) is 11.6 Å². The van der Waals surface area contributed by atoms with Crippen LogP contribution in [-0.4, -0.2) is 49.5 Å². The summed E-state index contributed by atoms with van der Waals surface area (Å²) < 4.78 is 46.8. The molecule has 10 heteroatoms. The van der Waals surface area contributed by atoms with Crippen molar-refractivity contribution in [3.63, 3.8) is 0 Å². The van der Waals surface area contributed by atoms with E-state index in [1.54, 1.807) is 7.11 Å². The third kappa shape index (κ3) is 8.41. The Hall–Kier alpha value is -2.78. The van der Waals surface area contributed by atoms with Crippen LogP contribution in [0.2, 0.25) is 0 Å². The van der Waals surface area contributed by atoms with E-state index in [1.165, 1.54) is 7.05 Å². The van der Waals surface area contributed by atoms with Gasteiger partial charge in [0.25, 0.3) is 0 Å². The predicted octanol–water partition coefficient (Wildman–Crippen LogP) is 3.58. The van der Waals surface area contributed by atoms with E-state index in [9.17, 15) is 13.2 Å². The van der Waals surface area contributed by atoms with Gasteiger partial charge in [-0.3, -0.25) is 4.99 Å². The molecular weight excluding hydrogens is 387 g/mol. The third-order valence-corrected chi connectivity index (χ3v) is 4.10. The second-order valence-electron chi connectivity index (χ2n) is 6.34. The normalized spacial score (nSPS) is 12.1. The molecule has 2 N–H and O–H groups in total. The van der Waals surface area contributed by atoms with Gasteiger partial charge in [0.1, 0.15) is 5.75 Å². The number of aliphatic imine (C=N–C) groups is 1. The number of nitrogens with one attached hydrogen (secondary N) is 2. The lowest BCUT2D eigenvalue weighted by Crippen LogP contribution is -2.39. The van der Waals surface area contributed by atoms with Crippen LogP contribution < -0.4 is 15.4 Å². The first kappa shape index (κ1) is 22.5. The van der Waals surface area contributed by atoms with Crippen LogP contribution in [0.4, 0.5) is 13.2 Å². The largest absolute Gasteiger partial charge is 0.497 e. The number of alkyl halides is 3. The summed E-state index contributed by atoms with van der Waals surface area (Å²) in [7, 11) is 3.14. The lowest BCUT2D eigenvalue weighted by molar-refractivity contribution is -0.132. The van der Waals surface area contributed by atoms with Gasteiger partial charge in [0.2, 0.25) is 11.7 Å². The van der Waals surface area contributed by atoms with E-state index in [-0.39, 0.29) is 6.54 Å². The average molecular weight is 413 g/mol. The van der Waals surface area contributed by atoms with Gasteiger partial charge in [0.15, 0.2) is 5.96 Å². The van der Waals surface area contributed by atoms with Crippen molar-refractivity contribution in [1.82, 2.24) is 20.8 Å². The first-order valence-electron chi connectivity index (χ1n) is 9.39. The zero-order valence-corrected chi connectivity index (χ0v) is 16.6. The molecule has 160 valence electrons. The van der Waals surface area contributed by atoms with Crippen LogP contribution in [0.5, 0.6) is 5.75 Å². The Morgan fingerprint density at radius 3 is 2.48 bits per heavy atom. The molecule has 0 spiro atoms. The van der Waals surface area contributed by atoms with Crippen molar-refractivity contribution < 1.29 is 22.4 Å². The van der Waals surface area contributed by atoms with Gasteiger partial charge in [0, 0.05) is 32.1 Å². The minimum atomic E-state index is -4.17. The number of hydrogen-bond acceptors (Lipinski definition) is 5. The minimum Gasteiger partial charge on any atom is -0.497 e. The molecule has 0 aliphatic rings. The molecule has 0 amide bonds. The van der Waals surface area contributed by atoms with Crippen LogP contribution in [0.3, 0.4) is 0 Å². The Morgan fingerprint density at radius 2 is 1.83 bits per heavy atom. The minimum absolute atomic E-state index is 0.198. The van der Waals surface area contributed by atoms with Crippen LogP contribution >= 0.6 is 0 Å². The van der Waals surface area contributed by atoms with E-state index in [2.05, 4.69) is 25.8 Å². The number of hydrogen-bond donors (Lipinski definition) is 2. The predicted molar refractivity (Wildman–Crippen MR) is 104 cm³/mol. The van der Waals surface area contributed by atoms with Crippen molar-refractivity contribution in [2.45, 2.75) is 38.3 Å². The first-order valence-corrected chi connectivity index (χ1v) is 9.39. The van der Waals surface area contributed by atoms with E-state index < -0.39 is 12.6 Å². The molecular formula is C19H26F3N5O2. The van der Waals surface area contributed by atoms with Crippen molar-refractivity contribution >= 4 is 5.96 Å². The van der Waals surface area contributed by atoms with Crippen molar-refractivity contribution in [3.05, 3.63) is 30.2 Å². The molecule has 7 nitrogen and oxygen atoms in total. The second kappa shape index (κ2) is 11.3. The molecule has 0 unspecified atom stereocenters. The monoisotopic (exact) mass is 413 g/mol. The highest BCUT2D eigenvalue weighted by atomic mass is 19.4. The molecule has 0 radical (unpaired) electrons. The van der Waals surface area contributed by atoms with Crippen molar-refractivity contribution in [3.8, 4) is 17.1 Å². The summed E-state index contributed by atoms with van der Waals surface area (Å²) in [6.07, 6.45) is -1.77. The summed E-state index contributed by atoms with van der Waals surface area (Å²) in [4.78, 5) is 8.29. The number of rotatable bonds is 10. The average Bonchev–Trinajstić information content (AvgIpc) is 3.17. The lowest BCUT2D eigenvalue weighted by atomic mass is 10.2. The maximum atomic E-state index is 12.1. The Morgan fingerprint density at radius 1 is 1.10 bits per heavy atom. The molecule has 1 heterocycles. The van der Waals surface area contributed by atoms with Gasteiger partial charge in [0.05, 0.1) is 13.5 Å². The maximum Gasteiger partial charge on any atom is 0.390 e. The number of aryl methyl sites for hydroxylation is 1. The standard InChI is InChI=1S/C19H26F3N5O2/c1-23-18(25-13-11-19(20,21)22)24-12-5-3-4-6-16-26-17(27-29-16)14-7-9-15(28-2)10-8-14/h7-10H,3-6,11-13H2,1-2H3,(H2,23,24,25). The van der Waals surface area contributed by atoms with Gasteiger partial charge >= 0.3 is 6.18 Å². The van der Waals surface area contributed by atoms with Crippen LogP contribution in [-0.2, 0) is 6.42 Å². The fourth-order valence-corrected chi connectivity index (χ4v) is 2.54. The molecule has 0 aliphatic heterocycles. The van der Waals surface area contributed by atoms with E-state index in [4.69, 9.17) is 9.26 Å². The summed E-state index contributed by atoms with van der Waals surface area (Å²) >= 11 is 0. The molecule has 1 aromatic carbocycles. The van der Waals surface area contributed by atoms with Gasteiger partial charge in [-0.05, 0) is 37.1 Å². The second-order valence-corrected chi connectivity index (χ2v) is 6.34. The Labute approximate surface area is 167 Å². The Kier molecular flexibility index (Phi) is 8.75. The number of guanidine groups is 1. The molecule has 1 aromatic heterocycles. The SMILES string of the molecule is CN=C(NCCCCCc1nc(-c2ccc(OC)cc2)no1)NCCC(F)(F)F. The number of halogens is 3. The van der Waals surface area contributed by atoms with Crippen molar-refractivity contribution in [2.75, 3.05) is 27.2 Å². The summed E-state index contributed by atoms with van der Waals surface area (Å²) in [5.74, 6) is 2.25. The molecule has 29 heavy (non-hydrogen) atoms. The number of unbranched alkanes of at least 4 members (excludes halogenated alkanes) is 2. The topological polar surface area (TPSA) is 84.6 Å². The number of aromatic nitrogens is 2. The van der Waals surface area contributed by atoms with E-state index in [0.717, 1.165) is 30.6 Å². The summed E-state index contributed by atoms with van der Waals surface area (Å²) in [6.45, 7) is 0.420. The smallest absolute Gasteiger partial charge is 0.390 e. The van der Waals surface area contributed by atoms with Gasteiger partial charge in [-0.2, -0.15) is 18.2 Å². The first-order chi connectivity index (χ1) is 13.9. The van der Waals surface area contributed by atoms with Gasteiger partial charge in [-0.25, -0.2) is 0 Å². The molecule has 0 bridgehead atoms. The lowest BCUT2D eigenvalue weighted by Gasteiger charge is -2.12. The third-order valence-electron chi connectivity index (χ3n) is 4.10. The van der Waals surface area contributed by atoms with E-state index in [0.29, 0.717) is 30.6 Å². The highest BCUT2D eigenvalue weighted by molar-refractivity contribution is 5.79. The fraction of sp³-hybridized carbons (Fsp3) is 0.526. The number of ether oxygens (including phenoxy) is 1. The number of methoxy groups -OCH3 is 1. The molecule has 2 rings (SSSR count). The highest BCUT2D eigenvalue weighted by Crippen LogP contribution is 2.20. The molecule has 0 fully saturated rings. The summed E-state index contributed by atoms with van der Waals surface area (Å²) in [6, 6.07) is 7.41. The number of benzene rings is 1. The molecule has 0 atom stereocenters. The molecule has 2 aromatic rings. The van der Waals surface area contributed by atoms with Gasteiger partial charge < -0.3 is 19.9 Å². The van der Waals surface area contributed by atoms with Crippen molar-refractivity contribution in [2.24, 2.45) is 4.99 Å². The zero-order chi connectivity index (χ0) is 21.1. The molecule has 0 aliphatic carbocycles. The van der Waals surface area contributed by atoms with Crippen LogP contribution in [0.25, 0.3) is 11.4 Å². The van der Waals surface area contributed by atoms with Gasteiger partial charge in [-0.15, -0.1) is 0 Å². The van der Waals surface area contributed by atoms with E-state index in [1.807, 2.05) is 24.3 Å². The Balaban J connectivity index is 1.62. The molecule has 0 saturated heterocycles. The highest BCUT2D eigenvalue weighted by Gasteiger charge is 2.26. The van der Waals surface area contributed by atoms with Crippen LogP contribution in [0.1, 0.15) is 31.6 Å². The van der Waals surface area contributed by atoms with E-state index >= 15 is 0 Å². The molecule has 0 saturated carbocycles. The summed E-state index contributed by atoms with van der Waals surface area (Å²) in [5.41, 5.74) is 0.856. The van der Waals surface area contributed by atoms with Crippen LogP contribution in [0, 0.1) is 0 Å². The quantitative estimate of drug-likeness (QED) is 0.352. The summed E-state index contributed by atoms with van der Waals surface area (Å²) in [5, 5.41) is 9.64. The maximum absolute atomic E-state index is 12.1. The fourth-order valence-electron chi connectivity index (χ4n) is 2.54. The van der Waals surface area contributed by atoms with Crippen molar-refractivity contribution in [1.29, 1.82) is 0 Å². The van der Waals surface area contributed by atoms with Crippen LogP contribution in [0.15, 0.2) is 33.8 Å². The Bertz CT molecular complexity index is 760.